The van der Waals surface area contributed by atoms with E-state index in [-0.39, 0.29) is 6.04 Å². The standard InChI is InChI=1S/C25H32ClN3O2/c1-28(14-16-30-3)12-4-15-31-20-8-5-18(6-9-20)25-24-21(11-13-29(25)2)22-17-19(26)7-10-23(22)27-24/h5-10,17,25,27H,4,11-16H2,1-3H3. The second-order valence-corrected chi connectivity index (χ2v) is 8.84. The maximum atomic E-state index is 6.26. The van der Waals surface area contributed by atoms with Crippen LogP contribution in [0.3, 0.4) is 0 Å². The highest BCUT2D eigenvalue weighted by Gasteiger charge is 2.29. The van der Waals surface area contributed by atoms with Crippen molar-refractivity contribution >= 4 is 22.5 Å². The van der Waals surface area contributed by atoms with Gasteiger partial charge in [-0.05, 0) is 68.4 Å². The molecule has 1 atom stereocenters. The molecule has 3 aromatic rings. The van der Waals surface area contributed by atoms with Crippen LogP contribution in [-0.2, 0) is 11.2 Å². The van der Waals surface area contributed by atoms with E-state index in [1.807, 2.05) is 6.07 Å². The van der Waals surface area contributed by atoms with Crippen molar-refractivity contribution in [3.05, 3.63) is 64.3 Å². The third kappa shape index (κ3) is 5.07. The normalized spacial score (nSPS) is 16.7. The maximum Gasteiger partial charge on any atom is 0.119 e. The van der Waals surface area contributed by atoms with Gasteiger partial charge in [-0.3, -0.25) is 4.90 Å². The Balaban J connectivity index is 1.43. The fraction of sp³-hybridized carbons (Fsp3) is 0.440. The number of methoxy groups -OCH3 is 1. The number of rotatable bonds is 9. The van der Waals surface area contributed by atoms with Gasteiger partial charge in [0.1, 0.15) is 5.75 Å². The summed E-state index contributed by atoms with van der Waals surface area (Å²) in [7, 11) is 6.04. The average molecular weight is 442 g/mol. The molecule has 0 radical (unpaired) electrons. The first-order valence-electron chi connectivity index (χ1n) is 11.0. The zero-order valence-corrected chi connectivity index (χ0v) is 19.4. The number of hydrogen-bond donors (Lipinski definition) is 1. The lowest BCUT2D eigenvalue weighted by Crippen LogP contribution is -2.32. The Morgan fingerprint density at radius 1 is 1.13 bits per heavy atom. The van der Waals surface area contributed by atoms with Crippen LogP contribution in [0, 0.1) is 0 Å². The van der Waals surface area contributed by atoms with Crippen LogP contribution >= 0.6 is 11.6 Å². The molecule has 6 heteroatoms. The highest BCUT2D eigenvalue weighted by molar-refractivity contribution is 6.31. The minimum absolute atomic E-state index is 0.207. The second-order valence-electron chi connectivity index (χ2n) is 8.41. The number of hydrogen-bond acceptors (Lipinski definition) is 4. The summed E-state index contributed by atoms with van der Waals surface area (Å²) in [5.41, 5.74) is 5.09. The lowest BCUT2D eigenvalue weighted by Gasteiger charge is -2.33. The number of nitrogens with zero attached hydrogens (tertiary/aromatic N) is 2. The Hall–Kier alpha value is -2.05. The topological polar surface area (TPSA) is 40.7 Å². The van der Waals surface area contributed by atoms with Crippen molar-refractivity contribution in [2.24, 2.45) is 0 Å². The summed E-state index contributed by atoms with van der Waals surface area (Å²) in [6.07, 6.45) is 2.02. The Kier molecular flexibility index (Phi) is 7.18. The van der Waals surface area contributed by atoms with E-state index in [0.29, 0.717) is 6.61 Å². The quantitative estimate of drug-likeness (QED) is 0.487. The van der Waals surface area contributed by atoms with E-state index >= 15 is 0 Å². The van der Waals surface area contributed by atoms with Crippen molar-refractivity contribution < 1.29 is 9.47 Å². The summed E-state index contributed by atoms with van der Waals surface area (Å²) in [6.45, 7) is 4.45. The molecule has 0 amide bonds. The highest BCUT2D eigenvalue weighted by atomic mass is 35.5. The number of ether oxygens (including phenoxy) is 2. The summed E-state index contributed by atoms with van der Waals surface area (Å²) in [6, 6.07) is 14.9. The van der Waals surface area contributed by atoms with Gasteiger partial charge >= 0.3 is 0 Å². The minimum atomic E-state index is 0.207. The zero-order valence-electron chi connectivity index (χ0n) is 18.7. The number of likely N-dealkylation sites (N-methyl/N-ethyl adjacent to an activating group) is 2. The molecule has 4 rings (SSSR count). The van der Waals surface area contributed by atoms with Gasteiger partial charge in [-0.1, -0.05) is 23.7 Å². The van der Waals surface area contributed by atoms with E-state index in [1.54, 1.807) is 7.11 Å². The number of benzene rings is 2. The fourth-order valence-electron chi connectivity index (χ4n) is 4.43. The summed E-state index contributed by atoms with van der Waals surface area (Å²) < 4.78 is 11.1. The monoisotopic (exact) mass is 441 g/mol. The van der Waals surface area contributed by atoms with Crippen molar-refractivity contribution in [1.82, 2.24) is 14.8 Å². The molecule has 2 aromatic carbocycles. The number of fused-ring (bicyclic) bond motifs is 3. The van der Waals surface area contributed by atoms with Crippen LogP contribution in [0.4, 0.5) is 0 Å². The molecule has 0 saturated carbocycles. The fourth-order valence-corrected chi connectivity index (χ4v) is 4.60. The summed E-state index contributed by atoms with van der Waals surface area (Å²) in [5, 5.41) is 2.03. The van der Waals surface area contributed by atoms with E-state index in [9.17, 15) is 0 Å². The van der Waals surface area contributed by atoms with Crippen LogP contribution < -0.4 is 4.74 Å². The first-order valence-corrected chi connectivity index (χ1v) is 11.3. The molecule has 1 aliphatic heterocycles. The van der Waals surface area contributed by atoms with E-state index < -0.39 is 0 Å². The first-order chi connectivity index (χ1) is 15.1. The van der Waals surface area contributed by atoms with Gasteiger partial charge in [-0.25, -0.2) is 0 Å². The molecular weight excluding hydrogens is 410 g/mol. The third-order valence-corrected chi connectivity index (χ3v) is 6.39. The van der Waals surface area contributed by atoms with Gasteiger partial charge in [-0.2, -0.15) is 0 Å². The van der Waals surface area contributed by atoms with Gasteiger partial charge in [0, 0.05) is 48.4 Å². The van der Waals surface area contributed by atoms with Gasteiger partial charge < -0.3 is 19.4 Å². The van der Waals surface area contributed by atoms with Gasteiger partial charge in [0.25, 0.3) is 0 Å². The second kappa shape index (κ2) is 10.0. The van der Waals surface area contributed by atoms with Crippen molar-refractivity contribution in [3.8, 4) is 5.75 Å². The number of aromatic nitrogens is 1. The summed E-state index contributed by atoms with van der Waals surface area (Å²) in [5.74, 6) is 0.922. The van der Waals surface area contributed by atoms with E-state index in [2.05, 4.69) is 65.3 Å². The molecule has 1 N–H and O–H groups in total. The molecule has 31 heavy (non-hydrogen) atoms. The molecule has 5 nitrogen and oxygen atoms in total. The Bertz CT molecular complexity index is 1000. The predicted molar refractivity (Wildman–Crippen MR) is 127 cm³/mol. The van der Waals surface area contributed by atoms with Crippen LogP contribution in [0.5, 0.6) is 5.75 Å². The molecule has 0 fully saturated rings. The lowest BCUT2D eigenvalue weighted by atomic mass is 9.93. The Morgan fingerprint density at radius 2 is 1.94 bits per heavy atom. The van der Waals surface area contributed by atoms with E-state index in [1.165, 1.54) is 22.2 Å². The largest absolute Gasteiger partial charge is 0.494 e. The molecule has 1 unspecified atom stereocenters. The van der Waals surface area contributed by atoms with Crippen LogP contribution in [-0.4, -0.2) is 68.8 Å². The molecule has 0 spiro atoms. The molecule has 2 heterocycles. The van der Waals surface area contributed by atoms with E-state index in [4.69, 9.17) is 21.1 Å². The molecule has 166 valence electrons. The van der Waals surface area contributed by atoms with Crippen molar-refractivity contribution in [2.45, 2.75) is 18.9 Å². The van der Waals surface area contributed by atoms with Crippen molar-refractivity contribution in [1.29, 1.82) is 0 Å². The highest BCUT2D eigenvalue weighted by Crippen LogP contribution is 2.38. The van der Waals surface area contributed by atoms with Gasteiger partial charge in [0.15, 0.2) is 0 Å². The Labute approximate surface area is 189 Å². The number of nitrogens with one attached hydrogen (secondary N) is 1. The zero-order chi connectivity index (χ0) is 21.8. The van der Waals surface area contributed by atoms with Crippen molar-refractivity contribution in [2.75, 3.05) is 54.1 Å². The molecular formula is C25H32ClN3O2. The number of halogens is 1. The van der Waals surface area contributed by atoms with Crippen molar-refractivity contribution in [3.63, 3.8) is 0 Å². The summed E-state index contributed by atoms with van der Waals surface area (Å²) >= 11 is 6.26. The van der Waals surface area contributed by atoms with Crippen LogP contribution in [0.1, 0.15) is 29.3 Å². The van der Waals surface area contributed by atoms with Gasteiger partial charge in [0.05, 0.1) is 19.3 Å². The minimum Gasteiger partial charge on any atom is -0.494 e. The Morgan fingerprint density at radius 3 is 2.71 bits per heavy atom. The molecule has 0 bridgehead atoms. The van der Waals surface area contributed by atoms with Gasteiger partial charge in [-0.15, -0.1) is 0 Å². The van der Waals surface area contributed by atoms with Crippen LogP contribution in [0.25, 0.3) is 10.9 Å². The lowest BCUT2D eigenvalue weighted by molar-refractivity contribution is 0.157. The van der Waals surface area contributed by atoms with Crippen LogP contribution in [0.15, 0.2) is 42.5 Å². The molecule has 1 aromatic heterocycles. The average Bonchev–Trinajstić information content (AvgIpc) is 3.13. The number of H-pyrrole nitrogens is 1. The molecule has 0 aliphatic carbocycles. The maximum absolute atomic E-state index is 6.26. The van der Waals surface area contributed by atoms with E-state index in [0.717, 1.165) is 55.4 Å². The third-order valence-electron chi connectivity index (χ3n) is 6.16. The summed E-state index contributed by atoms with van der Waals surface area (Å²) in [4.78, 5) is 8.33. The smallest absolute Gasteiger partial charge is 0.119 e. The van der Waals surface area contributed by atoms with Crippen LogP contribution in [0.2, 0.25) is 5.02 Å². The predicted octanol–water partition coefficient (Wildman–Crippen LogP) is 4.75. The number of aromatic amines is 1. The molecule has 1 aliphatic rings. The molecule has 0 saturated heterocycles. The first kappa shape index (κ1) is 22.2. The van der Waals surface area contributed by atoms with Gasteiger partial charge in [0.2, 0.25) is 0 Å². The SMILES string of the molecule is COCCN(C)CCCOc1ccc(C2c3[nH]c4ccc(Cl)cc4c3CCN2C)cc1.